The number of aryl methyl sites for hydroxylation is 2. The van der Waals surface area contributed by atoms with Crippen LogP contribution in [0.15, 0.2) is 23.4 Å². The fraction of sp³-hybridized carbons (Fsp3) is 0.429. The molecule has 0 spiro atoms. The lowest BCUT2D eigenvalue weighted by atomic mass is 10.1. The van der Waals surface area contributed by atoms with E-state index in [1.807, 2.05) is 47.7 Å². The van der Waals surface area contributed by atoms with Crippen molar-refractivity contribution in [2.75, 3.05) is 19.8 Å². The van der Waals surface area contributed by atoms with Gasteiger partial charge in [0.2, 0.25) is 5.75 Å². The van der Waals surface area contributed by atoms with E-state index in [4.69, 9.17) is 14.2 Å². The summed E-state index contributed by atoms with van der Waals surface area (Å²) in [6, 6.07) is 3.29. The molecule has 7 heteroatoms. The van der Waals surface area contributed by atoms with Crippen LogP contribution in [0.3, 0.4) is 0 Å². The van der Waals surface area contributed by atoms with Gasteiger partial charge in [0, 0.05) is 23.0 Å². The van der Waals surface area contributed by atoms with E-state index in [-0.39, 0.29) is 5.91 Å². The number of hydrogen-bond donors (Lipinski definition) is 2. The van der Waals surface area contributed by atoms with Crippen LogP contribution in [-0.2, 0) is 0 Å². The molecule has 0 aliphatic rings. The number of hydrazone groups is 1. The minimum Gasteiger partial charge on any atom is -0.490 e. The molecule has 1 aromatic carbocycles. The number of rotatable bonds is 9. The maximum absolute atomic E-state index is 12.7. The Morgan fingerprint density at radius 2 is 1.61 bits per heavy atom. The van der Waals surface area contributed by atoms with Gasteiger partial charge in [-0.3, -0.25) is 4.79 Å². The second-order valence-corrected chi connectivity index (χ2v) is 6.21. The quantitative estimate of drug-likeness (QED) is 0.503. The smallest absolute Gasteiger partial charge is 0.271 e. The molecule has 1 amide bonds. The first-order chi connectivity index (χ1) is 13.4. The molecule has 0 aliphatic heterocycles. The molecular weight excluding hydrogens is 358 g/mol. The first-order valence-electron chi connectivity index (χ1n) is 9.48. The highest BCUT2D eigenvalue weighted by Crippen LogP contribution is 2.39. The van der Waals surface area contributed by atoms with Gasteiger partial charge in [-0.25, -0.2) is 5.43 Å². The summed E-state index contributed by atoms with van der Waals surface area (Å²) in [7, 11) is 0. The van der Waals surface area contributed by atoms with Crippen LogP contribution >= 0.6 is 0 Å². The summed E-state index contributed by atoms with van der Waals surface area (Å²) in [5, 5.41) is 4.26. The standard InChI is InChI=1S/C21H29N3O4/c1-7-26-17-10-16(11-18(27-8-2)20(17)28-9-3)21(25)24-23-15(6)19-13(4)12-22-14(19)5/h10-12,22H,7-9H2,1-6H3,(H,24,25)/b23-15+. The number of ether oxygens (including phenoxy) is 3. The molecule has 28 heavy (non-hydrogen) atoms. The predicted octanol–water partition coefficient (Wildman–Crippen LogP) is 3.98. The van der Waals surface area contributed by atoms with E-state index in [0.717, 1.165) is 22.5 Å². The summed E-state index contributed by atoms with van der Waals surface area (Å²) in [6.07, 6.45) is 1.92. The average Bonchev–Trinajstić information content (AvgIpc) is 3.00. The van der Waals surface area contributed by atoms with Gasteiger partial charge in [-0.15, -0.1) is 0 Å². The molecule has 0 unspecified atom stereocenters. The molecule has 0 fully saturated rings. The molecule has 2 aromatic rings. The van der Waals surface area contributed by atoms with E-state index < -0.39 is 0 Å². The van der Waals surface area contributed by atoms with Crippen LogP contribution in [0.25, 0.3) is 0 Å². The summed E-state index contributed by atoms with van der Waals surface area (Å²) in [6.45, 7) is 12.8. The number of aromatic amines is 1. The number of nitrogens with zero attached hydrogens (tertiary/aromatic N) is 1. The molecule has 0 atom stereocenters. The number of carbonyl (C=O) groups excluding carboxylic acids is 1. The van der Waals surface area contributed by atoms with E-state index in [2.05, 4.69) is 15.5 Å². The van der Waals surface area contributed by atoms with Gasteiger partial charge in [0.1, 0.15) is 0 Å². The Hall–Kier alpha value is -2.96. The highest BCUT2D eigenvalue weighted by Gasteiger charge is 2.18. The predicted molar refractivity (Wildman–Crippen MR) is 110 cm³/mol. The fourth-order valence-corrected chi connectivity index (χ4v) is 2.99. The van der Waals surface area contributed by atoms with E-state index in [0.29, 0.717) is 42.6 Å². The maximum Gasteiger partial charge on any atom is 0.271 e. The van der Waals surface area contributed by atoms with Gasteiger partial charge in [0.05, 0.1) is 25.5 Å². The topological polar surface area (TPSA) is 84.9 Å². The van der Waals surface area contributed by atoms with Crippen molar-refractivity contribution < 1.29 is 19.0 Å². The first-order valence-corrected chi connectivity index (χ1v) is 9.48. The van der Waals surface area contributed by atoms with Crippen LogP contribution in [0.5, 0.6) is 17.2 Å². The number of benzene rings is 1. The molecule has 152 valence electrons. The summed E-state index contributed by atoms with van der Waals surface area (Å²) >= 11 is 0. The van der Waals surface area contributed by atoms with Gasteiger partial charge in [0.25, 0.3) is 5.91 Å². The fourth-order valence-electron chi connectivity index (χ4n) is 2.99. The molecular formula is C21H29N3O4. The zero-order valence-electron chi connectivity index (χ0n) is 17.4. The van der Waals surface area contributed by atoms with E-state index >= 15 is 0 Å². The summed E-state index contributed by atoms with van der Waals surface area (Å²) in [5.74, 6) is 1.09. The Labute approximate surface area is 166 Å². The number of hydrogen-bond acceptors (Lipinski definition) is 5. The Morgan fingerprint density at radius 3 is 2.07 bits per heavy atom. The van der Waals surface area contributed by atoms with Gasteiger partial charge in [-0.1, -0.05) is 0 Å². The monoisotopic (exact) mass is 387 g/mol. The van der Waals surface area contributed by atoms with E-state index in [1.54, 1.807) is 12.1 Å². The SMILES string of the molecule is CCOc1cc(C(=O)N/N=C(\C)c2c(C)c[nH]c2C)cc(OCC)c1OCC. The Balaban J connectivity index is 2.32. The largest absolute Gasteiger partial charge is 0.490 e. The first kappa shape index (κ1) is 21.3. The van der Waals surface area contributed by atoms with Crippen LogP contribution in [-0.4, -0.2) is 36.4 Å². The minimum atomic E-state index is -0.352. The van der Waals surface area contributed by atoms with E-state index in [9.17, 15) is 4.79 Å². The van der Waals surface area contributed by atoms with Crippen molar-refractivity contribution in [3.05, 3.63) is 40.7 Å². The van der Waals surface area contributed by atoms with Crippen LogP contribution in [0.2, 0.25) is 0 Å². The molecule has 2 N–H and O–H groups in total. The highest BCUT2D eigenvalue weighted by atomic mass is 16.5. The molecule has 0 saturated heterocycles. The van der Waals surface area contributed by atoms with Crippen molar-refractivity contribution in [2.45, 2.75) is 41.5 Å². The Bertz CT molecular complexity index is 809. The highest BCUT2D eigenvalue weighted by molar-refractivity contribution is 6.02. The van der Waals surface area contributed by atoms with Crippen LogP contribution < -0.4 is 19.6 Å². The van der Waals surface area contributed by atoms with Gasteiger partial charge in [-0.05, 0) is 59.2 Å². The van der Waals surface area contributed by atoms with Crippen LogP contribution in [0.1, 0.15) is 54.9 Å². The van der Waals surface area contributed by atoms with Gasteiger partial charge in [0.15, 0.2) is 11.5 Å². The Kier molecular flexibility index (Phi) is 7.49. The number of amides is 1. The second kappa shape index (κ2) is 9.82. The minimum absolute atomic E-state index is 0.352. The molecule has 0 bridgehead atoms. The van der Waals surface area contributed by atoms with Crippen molar-refractivity contribution in [1.29, 1.82) is 0 Å². The zero-order valence-corrected chi connectivity index (χ0v) is 17.4. The van der Waals surface area contributed by atoms with Crippen molar-refractivity contribution in [2.24, 2.45) is 5.10 Å². The van der Waals surface area contributed by atoms with Crippen molar-refractivity contribution in [1.82, 2.24) is 10.4 Å². The molecule has 1 aromatic heterocycles. The number of carbonyl (C=O) groups is 1. The molecule has 2 rings (SSSR count). The number of H-pyrrole nitrogens is 1. The molecule has 0 aliphatic carbocycles. The van der Waals surface area contributed by atoms with Crippen molar-refractivity contribution in [3.8, 4) is 17.2 Å². The maximum atomic E-state index is 12.7. The third kappa shape index (κ3) is 4.85. The average molecular weight is 387 g/mol. The summed E-state index contributed by atoms with van der Waals surface area (Å²) in [5.41, 5.74) is 6.80. The number of aromatic nitrogens is 1. The lowest BCUT2D eigenvalue weighted by Gasteiger charge is -2.16. The third-order valence-electron chi connectivity index (χ3n) is 4.13. The van der Waals surface area contributed by atoms with Crippen LogP contribution in [0, 0.1) is 13.8 Å². The van der Waals surface area contributed by atoms with Crippen molar-refractivity contribution in [3.63, 3.8) is 0 Å². The molecule has 0 saturated carbocycles. The van der Waals surface area contributed by atoms with Gasteiger partial charge >= 0.3 is 0 Å². The third-order valence-corrected chi connectivity index (χ3v) is 4.13. The normalized spacial score (nSPS) is 11.3. The van der Waals surface area contributed by atoms with Gasteiger partial charge < -0.3 is 19.2 Å². The number of nitrogens with one attached hydrogen (secondary N) is 2. The second-order valence-electron chi connectivity index (χ2n) is 6.21. The lowest BCUT2D eigenvalue weighted by molar-refractivity contribution is 0.0953. The summed E-state index contributed by atoms with van der Waals surface area (Å²) in [4.78, 5) is 15.9. The summed E-state index contributed by atoms with van der Waals surface area (Å²) < 4.78 is 17.0. The van der Waals surface area contributed by atoms with Gasteiger partial charge in [-0.2, -0.15) is 5.10 Å². The molecule has 0 radical (unpaired) electrons. The molecule has 7 nitrogen and oxygen atoms in total. The van der Waals surface area contributed by atoms with Crippen molar-refractivity contribution >= 4 is 11.6 Å². The zero-order chi connectivity index (χ0) is 20.7. The lowest BCUT2D eigenvalue weighted by Crippen LogP contribution is -2.20. The molecule has 1 heterocycles. The van der Waals surface area contributed by atoms with Crippen LogP contribution in [0.4, 0.5) is 0 Å². The Morgan fingerprint density at radius 1 is 1.04 bits per heavy atom. The van der Waals surface area contributed by atoms with E-state index in [1.165, 1.54) is 0 Å².